The van der Waals surface area contributed by atoms with Crippen molar-refractivity contribution in [3.8, 4) is 5.75 Å². The first-order chi connectivity index (χ1) is 11.4. The van der Waals surface area contributed by atoms with E-state index in [-0.39, 0.29) is 5.97 Å². The van der Waals surface area contributed by atoms with E-state index < -0.39 is 0 Å². The van der Waals surface area contributed by atoms with E-state index in [1.807, 2.05) is 24.4 Å². The van der Waals surface area contributed by atoms with Gasteiger partial charge >= 0.3 is 5.97 Å². The molecule has 4 heteroatoms. The summed E-state index contributed by atoms with van der Waals surface area (Å²) < 4.78 is 5.51. The zero-order valence-corrected chi connectivity index (χ0v) is 15.3. The van der Waals surface area contributed by atoms with Gasteiger partial charge in [0.05, 0.1) is 0 Å². The van der Waals surface area contributed by atoms with Gasteiger partial charge in [-0.25, -0.2) is 4.79 Å². The maximum atomic E-state index is 11.8. The van der Waals surface area contributed by atoms with E-state index in [4.69, 9.17) is 4.74 Å². The molecule has 0 aliphatic rings. The summed E-state index contributed by atoms with van der Waals surface area (Å²) in [6, 6.07) is 6.76. The van der Waals surface area contributed by atoms with Gasteiger partial charge in [0.15, 0.2) is 0 Å². The molecule has 2 aromatic rings. The Morgan fingerprint density at radius 2 is 1.96 bits per heavy atom. The van der Waals surface area contributed by atoms with Crippen molar-refractivity contribution in [1.82, 2.24) is 9.88 Å². The molecule has 0 bridgehead atoms. The fraction of sp³-hybridized carbons (Fsp3) is 0.450. The Labute approximate surface area is 144 Å². The van der Waals surface area contributed by atoms with E-state index in [9.17, 15) is 4.79 Å². The third kappa shape index (κ3) is 4.26. The maximum absolute atomic E-state index is 11.8. The smallest absolute Gasteiger partial charge is 0.335 e. The number of ether oxygens (including phenoxy) is 1. The van der Waals surface area contributed by atoms with Crippen molar-refractivity contribution in [1.29, 1.82) is 0 Å². The van der Waals surface area contributed by atoms with Gasteiger partial charge in [-0.05, 0) is 58.7 Å². The van der Waals surface area contributed by atoms with Crippen LogP contribution in [0.2, 0.25) is 0 Å². The monoisotopic (exact) mass is 328 g/mol. The van der Waals surface area contributed by atoms with E-state index >= 15 is 0 Å². The molecule has 0 unspecified atom stereocenters. The number of aromatic amines is 1. The number of hydrogen-bond donors (Lipinski definition) is 1. The molecule has 0 saturated carbocycles. The van der Waals surface area contributed by atoms with Crippen molar-refractivity contribution in [3.05, 3.63) is 42.1 Å². The Balaban J connectivity index is 2.26. The summed E-state index contributed by atoms with van der Waals surface area (Å²) in [5.74, 6) is 0.274. The highest BCUT2D eigenvalue weighted by atomic mass is 16.5. The Bertz CT molecular complexity index is 705. The summed E-state index contributed by atoms with van der Waals surface area (Å²) in [7, 11) is 0. The van der Waals surface area contributed by atoms with E-state index in [2.05, 4.69) is 37.6 Å². The number of carbonyl (C=O) groups is 1. The second kappa shape index (κ2) is 8.15. The molecule has 0 atom stereocenters. The van der Waals surface area contributed by atoms with Gasteiger partial charge in [0.2, 0.25) is 0 Å². The highest BCUT2D eigenvalue weighted by Gasteiger charge is 2.16. The molecule has 130 valence electrons. The summed E-state index contributed by atoms with van der Waals surface area (Å²) in [6.45, 7) is 11.7. The molecule has 0 saturated heterocycles. The van der Waals surface area contributed by atoms with Gasteiger partial charge in [0.25, 0.3) is 0 Å². The Morgan fingerprint density at radius 1 is 1.25 bits per heavy atom. The van der Waals surface area contributed by atoms with Crippen LogP contribution in [0.3, 0.4) is 0 Å². The van der Waals surface area contributed by atoms with Gasteiger partial charge in [-0.2, -0.15) is 0 Å². The number of nitrogens with one attached hydrogen (secondary N) is 1. The first kappa shape index (κ1) is 18.3. The first-order valence-corrected chi connectivity index (χ1v) is 8.63. The number of esters is 1. The highest BCUT2D eigenvalue weighted by Crippen LogP contribution is 2.29. The van der Waals surface area contributed by atoms with Gasteiger partial charge in [0.1, 0.15) is 5.75 Å². The van der Waals surface area contributed by atoms with Crippen LogP contribution in [0.5, 0.6) is 5.75 Å². The third-order valence-electron chi connectivity index (χ3n) is 4.23. The molecule has 4 nitrogen and oxygen atoms in total. The number of H-pyrrole nitrogens is 1. The molecule has 1 heterocycles. The number of rotatable bonds is 7. The number of nitrogens with zero attached hydrogens (tertiary/aromatic N) is 1. The number of fused-ring (bicyclic) bond motifs is 1. The molecular formula is C20H28N2O2. The third-order valence-corrected chi connectivity index (χ3v) is 4.23. The van der Waals surface area contributed by atoms with E-state index in [1.54, 1.807) is 13.0 Å². The minimum atomic E-state index is -0.344. The van der Waals surface area contributed by atoms with Gasteiger partial charge in [0, 0.05) is 41.8 Å². The van der Waals surface area contributed by atoms with E-state index in [0.29, 0.717) is 17.8 Å². The maximum Gasteiger partial charge on any atom is 0.335 e. The van der Waals surface area contributed by atoms with Crippen LogP contribution >= 0.6 is 0 Å². The molecule has 1 aromatic carbocycles. The summed E-state index contributed by atoms with van der Waals surface area (Å²) in [4.78, 5) is 17.6. The SMILES string of the molecule is C/C=C/C(=O)Oc1cccc2[nH]cc(CCN(C(C)C)C(C)C)c12. The quantitative estimate of drug-likeness (QED) is 0.468. The summed E-state index contributed by atoms with van der Waals surface area (Å²) in [5, 5.41) is 1.00. The molecule has 0 aliphatic heterocycles. The van der Waals surface area contributed by atoms with Crippen molar-refractivity contribution in [2.45, 2.75) is 53.1 Å². The lowest BCUT2D eigenvalue weighted by Gasteiger charge is -2.30. The van der Waals surface area contributed by atoms with Gasteiger partial charge in [-0.1, -0.05) is 12.1 Å². The largest absolute Gasteiger partial charge is 0.423 e. The van der Waals surface area contributed by atoms with Crippen molar-refractivity contribution in [2.24, 2.45) is 0 Å². The average molecular weight is 328 g/mol. The van der Waals surface area contributed by atoms with Crippen LogP contribution in [0.1, 0.15) is 40.2 Å². The van der Waals surface area contributed by atoms with Gasteiger partial charge in [-0.3, -0.25) is 4.90 Å². The molecular weight excluding hydrogens is 300 g/mol. The molecule has 0 spiro atoms. The molecule has 0 amide bonds. The lowest BCUT2D eigenvalue weighted by molar-refractivity contribution is -0.128. The molecule has 2 rings (SSSR count). The number of carbonyl (C=O) groups excluding carboxylic acids is 1. The Kier molecular flexibility index (Phi) is 6.21. The summed E-state index contributed by atoms with van der Waals surface area (Å²) in [6.07, 6.45) is 6.05. The van der Waals surface area contributed by atoms with Crippen molar-refractivity contribution >= 4 is 16.9 Å². The minimum Gasteiger partial charge on any atom is -0.423 e. The average Bonchev–Trinajstić information content (AvgIpc) is 2.91. The van der Waals surface area contributed by atoms with E-state index in [1.165, 1.54) is 11.6 Å². The van der Waals surface area contributed by atoms with Crippen LogP contribution in [0.4, 0.5) is 0 Å². The van der Waals surface area contributed by atoms with Gasteiger partial charge in [-0.15, -0.1) is 0 Å². The van der Waals surface area contributed by atoms with E-state index in [0.717, 1.165) is 23.9 Å². The zero-order valence-electron chi connectivity index (χ0n) is 15.3. The zero-order chi connectivity index (χ0) is 17.7. The fourth-order valence-electron chi connectivity index (χ4n) is 3.14. The van der Waals surface area contributed by atoms with Crippen LogP contribution in [-0.2, 0) is 11.2 Å². The number of allylic oxidation sites excluding steroid dienone is 1. The summed E-state index contributed by atoms with van der Waals surface area (Å²) in [5.41, 5.74) is 2.18. The van der Waals surface area contributed by atoms with Crippen molar-refractivity contribution in [2.75, 3.05) is 6.54 Å². The van der Waals surface area contributed by atoms with Crippen molar-refractivity contribution in [3.63, 3.8) is 0 Å². The molecule has 0 aliphatic carbocycles. The molecule has 1 N–H and O–H groups in total. The van der Waals surface area contributed by atoms with Crippen LogP contribution in [0.15, 0.2) is 36.5 Å². The standard InChI is InChI=1S/C20H28N2O2/c1-6-8-19(23)24-18-10-7-9-17-20(18)16(13-21-17)11-12-22(14(2)3)15(4)5/h6-10,13-15,21H,11-12H2,1-5H3/b8-6+. The van der Waals surface area contributed by atoms with Crippen LogP contribution in [0.25, 0.3) is 10.9 Å². The number of hydrogen-bond acceptors (Lipinski definition) is 3. The lowest BCUT2D eigenvalue weighted by Crippen LogP contribution is -2.38. The predicted molar refractivity (Wildman–Crippen MR) is 99.4 cm³/mol. The highest BCUT2D eigenvalue weighted by molar-refractivity contribution is 5.93. The minimum absolute atomic E-state index is 0.344. The Hall–Kier alpha value is -2.07. The van der Waals surface area contributed by atoms with Crippen LogP contribution in [0, 0.1) is 0 Å². The van der Waals surface area contributed by atoms with Gasteiger partial charge < -0.3 is 9.72 Å². The molecule has 24 heavy (non-hydrogen) atoms. The normalized spacial score (nSPS) is 12.2. The second-order valence-electron chi connectivity index (χ2n) is 6.59. The second-order valence-corrected chi connectivity index (χ2v) is 6.59. The molecule has 1 aromatic heterocycles. The fourth-order valence-corrected chi connectivity index (χ4v) is 3.14. The first-order valence-electron chi connectivity index (χ1n) is 8.63. The number of aromatic nitrogens is 1. The Morgan fingerprint density at radius 3 is 2.58 bits per heavy atom. The van der Waals surface area contributed by atoms with Crippen molar-refractivity contribution < 1.29 is 9.53 Å². The lowest BCUT2D eigenvalue weighted by atomic mass is 10.1. The molecule has 0 radical (unpaired) electrons. The topological polar surface area (TPSA) is 45.3 Å². The van der Waals surface area contributed by atoms with Crippen LogP contribution < -0.4 is 4.74 Å². The number of benzene rings is 1. The molecule has 0 fully saturated rings. The predicted octanol–water partition coefficient (Wildman–Crippen LogP) is 4.31. The van der Waals surface area contributed by atoms with Crippen LogP contribution in [-0.4, -0.2) is 34.5 Å². The summed E-state index contributed by atoms with van der Waals surface area (Å²) >= 11 is 0.